The van der Waals surface area contributed by atoms with Crippen molar-refractivity contribution in [3.05, 3.63) is 0 Å². The molecule has 0 aromatic carbocycles. The van der Waals surface area contributed by atoms with E-state index < -0.39 is 6.09 Å². The van der Waals surface area contributed by atoms with Gasteiger partial charge in [-0.15, -0.1) is 0 Å². The maximum absolute atomic E-state index is 11.9. The molecule has 2 unspecified atom stereocenters. The van der Waals surface area contributed by atoms with Crippen molar-refractivity contribution in [2.75, 3.05) is 19.7 Å². The molecule has 0 saturated heterocycles. The summed E-state index contributed by atoms with van der Waals surface area (Å²) in [6.07, 6.45) is 21.5. The molecule has 0 aromatic rings. The molecule has 0 aliphatic carbocycles. The van der Waals surface area contributed by atoms with Gasteiger partial charge in [-0.3, -0.25) is 0 Å². The van der Waals surface area contributed by atoms with E-state index in [2.05, 4.69) is 11.9 Å². The van der Waals surface area contributed by atoms with Crippen LogP contribution in [0.25, 0.3) is 0 Å². The van der Waals surface area contributed by atoms with Crippen molar-refractivity contribution in [1.82, 2.24) is 0 Å². The molecule has 1 N–H and O–H groups in total. The number of nitrogens with zero attached hydrogens (tertiary/aromatic N) is 2. The first-order valence-corrected chi connectivity index (χ1v) is 13.3. The SMILES string of the molecule is CCCCCCCCCCCCCCCCCCC1=NC(C)C[N+]1(CCCO)C(=O)[O-]. The van der Waals surface area contributed by atoms with Crippen LogP contribution in [0.2, 0.25) is 0 Å². The molecule has 0 radical (unpaired) electrons. The third-order valence-electron chi connectivity index (χ3n) is 6.74. The summed E-state index contributed by atoms with van der Waals surface area (Å²) in [5.74, 6) is 0.756. The predicted molar refractivity (Wildman–Crippen MR) is 128 cm³/mol. The number of carbonyl (C=O) groups is 1. The Hall–Kier alpha value is -0.940. The van der Waals surface area contributed by atoms with Crippen LogP contribution in [0.5, 0.6) is 0 Å². The normalized spacial score (nSPS) is 20.9. The van der Waals surface area contributed by atoms with E-state index >= 15 is 0 Å². The van der Waals surface area contributed by atoms with Gasteiger partial charge < -0.3 is 15.0 Å². The van der Waals surface area contributed by atoms with Crippen LogP contribution in [-0.2, 0) is 0 Å². The molecule has 0 fully saturated rings. The number of amides is 1. The molecule has 5 nitrogen and oxygen atoms in total. The van der Waals surface area contributed by atoms with Gasteiger partial charge in [-0.1, -0.05) is 103 Å². The maximum Gasteiger partial charge on any atom is 0.263 e. The van der Waals surface area contributed by atoms with E-state index in [1.54, 1.807) is 0 Å². The van der Waals surface area contributed by atoms with Crippen LogP contribution in [0.3, 0.4) is 0 Å². The van der Waals surface area contributed by atoms with Gasteiger partial charge in [-0.05, 0) is 13.3 Å². The quantitative estimate of drug-likeness (QED) is 0.188. The molecule has 5 heteroatoms. The smallest absolute Gasteiger partial charge is 0.263 e. The fourth-order valence-corrected chi connectivity index (χ4v) is 4.90. The van der Waals surface area contributed by atoms with E-state index in [1.807, 2.05) is 6.92 Å². The summed E-state index contributed by atoms with van der Waals surface area (Å²) in [6.45, 7) is 5.11. The fourth-order valence-electron chi connectivity index (χ4n) is 4.90. The van der Waals surface area contributed by atoms with Crippen LogP contribution in [0, 0.1) is 0 Å². The Balaban J connectivity index is 2.02. The Kier molecular flexibility index (Phi) is 15.9. The Bertz CT molecular complexity index is 495. The lowest BCUT2D eigenvalue weighted by Crippen LogP contribution is -2.61. The van der Waals surface area contributed by atoms with Crippen LogP contribution >= 0.6 is 0 Å². The van der Waals surface area contributed by atoms with Gasteiger partial charge in [0.1, 0.15) is 12.6 Å². The molecule has 1 heterocycles. The number of quaternary nitrogens is 1. The minimum atomic E-state index is -1.06. The van der Waals surface area contributed by atoms with E-state index in [-0.39, 0.29) is 17.1 Å². The molecule has 1 aliphatic rings. The lowest BCUT2D eigenvalue weighted by atomic mass is 10.0. The van der Waals surface area contributed by atoms with Gasteiger partial charge >= 0.3 is 0 Å². The second-order valence-corrected chi connectivity index (χ2v) is 9.66. The van der Waals surface area contributed by atoms with Crippen LogP contribution in [0.15, 0.2) is 4.99 Å². The summed E-state index contributed by atoms with van der Waals surface area (Å²) in [5, 5.41) is 21.0. The van der Waals surface area contributed by atoms with Crippen molar-refractivity contribution in [2.45, 2.75) is 135 Å². The summed E-state index contributed by atoms with van der Waals surface area (Å²) in [5.41, 5.74) is 0. The van der Waals surface area contributed by atoms with Crippen molar-refractivity contribution in [3.63, 3.8) is 0 Å². The number of hydrogen-bond donors (Lipinski definition) is 1. The number of aliphatic hydroxyl groups is 1. The van der Waals surface area contributed by atoms with Gasteiger partial charge in [0.15, 0.2) is 0 Å². The number of rotatable bonds is 20. The Morgan fingerprint density at radius 3 is 1.74 bits per heavy atom. The molecule has 0 spiro atoms. The minimum Gasteiger partial charge on any atom is -0.498 e. The van der Waals surface area contributed by atoms with Crippen molar-refractivity contribution >= 4 is 11.9 Å². The first kappa shape index (κ1) is 28.1. The van der Waals surface area contributed by atoms with E-state index in [9.17, 15) is 9.90 Å². The molecule has 1 rings (SSSR count). The molecular weight excluding hydrogens is 388 g/mol. The van der Waals surface area contributed by atoms with Gasteiger partial charge in [0.25, 0.3) is 6.09 Å². The average Bonchev–Trinajstić information content (AvgIpc) is 3.08. The van der Waals surface area contributed by atoms with Gasteiger partial charge in [-0.25, -0.2) is 9.48 Å². The van der Waals surface area contributed by atoms with Crippen LogP contribution in [0.1, 0.15) is 129 Å². The summed E-state index contributed by atoms with van der Waals surface area (Å²) < 4.78 is -0.166. The third kappa shape index (κ3) is 11.5. The number of carbonyl (C=O) groups excluding carboxylic acids is 1. The van der Waals surface area contributed by atoms with Crippen LogP contribution < -0.4 is 5.11 Å². The Morgan fingerprint density at radius 1 is 0.871 bits per heavy atom. The van der Waals surface area contributed by atoms with Crippen molar-refractivity contribution in [1.29, 1.82) is 0 Å². The second kappa shape index (κ2) is 17.6. The molecule has 0 saturated carbocycles. The predicted octanol–water partition coefficient (Wildman–Crippen LogP) is 5.98. The molecule has 1 amide bonds. The summed E-state index contributed by atoms with van der Waals surface area (Å²) >= 11 is 0. The topological polar surface area (TPSA) is 72.7 Å². The third-order valence-corrected chi connectivity index (χ3v) is 6.74. The lowest BCUT2D eigenvalue weighted by Gasteiger charge is -2.34. The monoisotopic (exact) mass is 438 g/mol. The molecular formula is C26H50N2O3. The number of hydrogen-bond acceptors (Lipinski definition) is 4. The van der Waals surface area contributed by atoms with Crippen LogP contribution in [0.4, 0.5) is 4.79 Å². The van der Waals surface area contributed by atoms with Gasteiger partial charge in [0.05, 0.1) is 6.54 Å². The highest BCUT2D eigenvalue weighted by molar-refractivity contribution is 5.85. The average molecular weight is 439 g/mol. The summed E-state index contributed by atoms with van der Waals surface area (Å²) in [6, 6.07) is 0.0210. The van der Waals surface area contributed by atoms with E-state index in [0.29, 0.717) is 19.5 Å². The van der Waals surface area contributed by atoms with Gasteiger partial charge in [-0.2, -0.15) is 0 Å². The maximum atomic E-state index is 11.9. The number of amidine groups is 1. The molecule has 0 bridgehead atoms. The molecule has 1 aliphatic heterocycles. The Labute approximate surface area is 191 Å². The molecule has 31 heavy (non-hydrogen) atoms. The van der Waals surface area contributed by atoms with E-state index in [4.69, 9.17) is 5.11 Å². The summed E-state index contributed by atoms with van der Waals surface area (Å²) in [7, 11) is 0. The highest BCUT2D eigenvalue weighted by Gasteiger charge is 2.42. The lowest BCUT2D eigenvalue weighted by molar-refractivity contribution is -0.788. The highest BCUT2D eigenvalue weighted by Crippen LogP contribution is 2.24. The second-order valence-electron chi connectivity index (χ2n) is 9.66. The largest absolute Gasteiger partial charge is 0.498 e. The van der Waals surface area contributed by atoms with Crippen molar-refractivity contribution in [3.8, 4) is 0 Å². The standard InChI is InChI=1S/C26H50N2O3/c1-3-4-5-6-7-8-9-10-11-12-13-14-15-16-17-18-20-25-27-24(2)23-28(25,26(30)31)21-19-22-29/h24,29H,3-23H2,1-2H3. The van der Waals surface area contributed by atoms with Gasteiger partial charge in [0.2, 0.25) is 5.84 Å². The number of aliphatic imine (C=N–C) groups is 1. The zero-order chi connectivity index (χ0) is 22.8. The highest BCUT2D eigenvalue weighted by atomic mass is 16.4. The van der Waals surface area contributed by atoms with Gasteiger partial charge in [0, 0.05) is 19.4 Å². The fraction of sp³-hybridized carbons (Fsp3) is 0.923. The minimum absolute atomic E-state index is 0.00792. The number of aliphatic hydroxyl groups excluding tert-OH is 1. The first-order valence-electron chi connectivity index (χ1n) is 13.3. The molecule has 2 atom stereocenters. The zero-order valence-electron chi connectivity index (χ0n) is 20.6. The van der Waals surface area contributed by atoms with E-state index in [0.717, 1.165) is 25.1 Å². The summed E-state index contributed by atoms with van der Waals surface area (Å²) in [4.78, 5) is 16.5. The van der Waals surface area contributed by atoms with Crippen molar-refractivity contribution in [2.24, 2.45) is 4.99 Å². The van der Waals surface area contributed by atoms with Crippen molar-refractivity contribution < 1.29 is 19.5 Å². The Morgan fingerprint density at radius 2 is 1.32 bits per heavy atom. The number of carboxylic acid groups (broad SMARTS) is 1. The zero-order valence-corrected chi connectivity index (χ0v) is 20.6. The van der Waals surface area contributed by atoms with E-state index in [1.165, 1.54) is 89.9 Å². The molecule has 0 aromatic heterocycles. The first-order chi connectivity index (χ1) is 15.1. The molecule has 182 valence electrons. The van der Waals surface area contributed by atoms with Crippen LogP contribution in [-0.4, -0.2) is 47.3 Å². The number of unbranched alkanes of at least 4 members (excludes halogenated alkanes) is 15.